The van der Waals surface area contributed by atoms with E-state index in [2.05, 4.69) is 36.7 Å². The van der Waals surface area contributed by atoms with Crippen LogP contribution in [-0.2, 0) is 9.59 Å². The van der Waals surface area contributed by atoms with Crippen LogP contribution in [0.1, 0.15) is 72.1 Å². The van der Waals surface area contributed by atoms with Crippen LogP contribution in [0.2, 0.25) is 0 Å². The van der Waals surface area contributed by atoms with E-state index in [-0.39, 0.29) is 23.5 Å². The quantitative estimate of drug-likeness (QED) is 0.236. The Labute approximate surface area is 171 Å². The van der Waals surface area contributed by atoms with Crippen molar-refractivity contribution in [2.75, 3.05) is 0 Å². The van der Waals surface area contributed by atoms with Gasteiger partial charge in [-0.15, -0.1) is 0 Å². The average molecular weight is 441 g/mol. The summed E-state index contributed by atoms with van der Waals surface area (Å²) >= 11 is 3.32. The second-order valence-corrected chi connectivity index (χ2v) is 8.95. The normalized spacial score (nSPS) is 20.5. The minimum atomic E-state index is -0.765. The average Bonchev–Trinajstić information content (AvgIpc) is 2.82. The van der Waals surface area contributed by atoms with Crippen LogP contribution in [0, 0.1) is 11.3 Å². The SMILES string of the molecule is CCCC(C)(C)CC(O)/C=C/C1C=C(Br)C(=O)/C1=C\CCCCCC(=O)O. The van der Waals surface area contributed by atoms with Crippen LogP contribution in [0.4, 0.5) is 0 Å². The molecule has 0 bridgehead atoms. The number of carboxylic acid groups (broad SMARTS) is 1. The van der Waals surface area contributed by atoms with Crippen molar-refractivity contribution in [2.45, 2.75) is 78.2 Å². The Bertz CT molecular complexity index is 601. The van der Waals surface area contributed by atoms with Crippen LogP contribution in [0.5, 0.6) is 0 Å². The van der Waals surface area contributed by atoms with Gasteiger partial charge in [0.15, 0.2) is 5.78 Å². The number of hydrogen-bond acceptors (Lipinski definition) is 3. The number of carboxylic acids is 1. The Morgan fingerprint density at radius 1 is 1.33 bits per heavy atom. The summed E-state index contributed by atoms with van der Waals surface area (Å²) in [7, 11) is 0. The van der Waals surface area contributed by atoms with Gasteiger partial charge >= 0.3 is 5.97 Å². The van der Waals surface area contributed by atoms with Crippen molar-refractivity contribution in [3.8, 4) is 0 Å². The van der Waals surface area contributed by atoms with Crippen LogP contribution in [0.3, 0.4) is 0 Å². The van der Waals surface area contributed by atoms with Gasteiger partial charge in [-0.25, -0.2) is 0 Å². The van der Waals surface area contributed by atoms with Crippen molar-refractivity contribution < 1.29 is 19.8 Å². The van der Waals surface area contributed by atoms with Crippen LogP contribution >= 0.6 is 15.9 Å². The first-order valence-corrected chi connectivity index (χ1v) is 10.7. The van der Waals surface area contributed by atoms with Gasteiger partial charge in [0.1, 0.15) is 0 Å². The fourth-order valence-electron chi connectivity index (χ4n) is 3.52. The molecule has 0 aliphatic heterocycles. The van der Waals surface area contributed by atoms with Gasteiger partial charge in [0.25, 0.3) is 0 Å². The number of unbranched alkanes of at least 4 members (excludes halogenated alkanes) is 3. The standard InChI is InChI=1S/C22H33BrO4/c1-4-13-22(2,3)15-17(24)12-11-16-14-19(23)21(27)18(16)9-7-5-6-8-10-20(25)26/h9,11-12,14,16-17,24H,4-8,10,13,15H2,1-3H3,(H,25,26)/b12-11+,18-9-. The Morgan fingerprint density at radius 2 is 2.04 bits per heavy atom. The van der Waals surface area contributed by atoms with Gasteiger partial charge in [-0.1, -0.05) is 57.9 Å². The van der Waals surface area contributed by atoms with E-state index >= 15 is 0 Å². The molecule has 2 atom stereocenters. The fourth-order valence-corrected chi connectivity index (χ4v) is 4.03. The lowest BCUT2D eigenvalue weighted by molar-refractivity contribution is -0.137. The van der Waals surface area contributed by atoms with Gasteiger partial charge in [-0.2, -0.15) is 0 Å². The molecule has 27 heavy (non-hydrogen) atoms. The first-order valence-electron chi connectivity index (χ1n) is 9.86. The molecule has 0 aromatic carbocycles. The Hall–Kier alpha value is -1.20. The smallest absolute Gasteiger partial charge is 0.303 e. The molecule has 0 aromatic rings. The second kappa shape index (κ2) is 11.6. The van der Waals surface area contributed by atoms with E-state index in [0.29, 0.717) is 17.3 Å². The predicted molar refractivity (Wildman–Crippen MR) is 113 cm³/mol. The first-order chi connectivity index (χ1) is 12.7. The largest absolute Gasteiger partial charge is 0.481 e. The van der Waals surface area contributed by atoms with Gasteiger partial charge in [-0.3, -0.25) is 9.59 Å². The summed E-state index contributed by atoms with van der Waals surface area (Å²) in [5.74, 6) is -0.885. The lowest BCUT2D eigenvalue weighted by Crippen LogP contribution is -2.19. The molecule has 0 spiro atoms. The van der Waals surface area contributed by atoms with Crippen LogP contribution in [0.15, 0.2) is 34.4 Å². The second-order valence-electron chi connectivity index (χ2n) is 8.09. The number of carbonyl (C=O) groups excluding carboxylic acids is 1. The zero-order valence-electron chi connectivity index (χ0n) is 16.7. The molecule has 0 saturated carbocycles. The summed E-state index contributed by atoms with van der Waals surface area (Å²) in [5, 5.41) is 19.0. The monoisotopic (exact) mass is 440 g/mol. The third kappa shape index (κ3) is 9.02. The maximum atomic E-state index is 12.3. The van der Waals surface area contributed by atoms with Gasteiger partial charge in [-0.05, 0) is 53.4 Å². The molecule has 1 rings (SSSR count). The number of aliphatic hydroxyl groups excluding tert-OH is 1. The lowest BCUT2D eigenvalue weighted by Gasteiger charge is -2.25. The fraction of sp³-hybridized carbons (Fsp3) is 0.636. The van der Waals surface area contributed by atoms with E-state index in [4.69, 9.17) is 5.11 Å². The molecule has 0 fully saturated rings. The molecule has 0 radical (unpaired) electrons. The molecule has 0 saturated heterocycles. The maximum absolute atomic E-state index is 12.3. The molecule has 0 aromatic heterocycles. The summed E-state index contributed by atoms with van der Waals surface area (Å²) in [6.45, 7) is 6.48. The maximum Gasteiger partial charge on any atom is 0.303 e. The highest BCUT2D eigenvalue weighted by molar-refractivity contribution is 9.12. The van der Waals surface area contributed by atoms with E-state index < -0.39 is 12.1 Å². The summed E-state index contributed by atoms with van der Waals surface area (Å²) in [5.41, 5.74) is 0.825. The Kier molecular flexibility index (Phi) is 10.2. The number of rotatable bonds is 12. The van der Waals surface area contributed by atoms with Crippen LogP contribution in [0.25, 0.3) is 0 Å². The zero-order chi connectivity index (χ0) is 20.4. The van der Waals surface area contributed by atoms with Crippen molar-refractivity contribution in [1.82, 2.24) is 0 Å². The van der Waals surface area contributed by atoms with Crippen molar-refractivity contribution in [3.63, 3.8) is 0 Å². The number of aliphatic carboxylic acids is 1. The minimum absolute atomic E-state index is 0.00371. The summed E-state index contributed by atoms with van der Waals surface area (Å²) in [6.07, 6.45) is 13.2. The molecule has 0 heterocycles. The molecule has 5 heteroatoms. The third-order valence-corrected chi connectivity index (χ3v) is 5.48. The molecular formula is C22H33BrO4. The molecule has 2 N–H and O–H groups in total. The predicted octanol–water partition coefficient (Wildman–Crippen LogP) is 5.56. The summed E-state index contributed by atoms with van der Waals surface area (Å²) < 4.78 is 0.565. The molecule has 4 nitrogen and oxygen atoms in total. The van der Waals surface area contributed by atoms with Crippen molar-refractivity contribution in [2.24, 2.45) is 11.3 Å². The van der Waals surface area contributed by atoms with Crippen molar-refractivity contribution in [1.29, 1.82) is 0 Å². The number of carbonyl (C=O) groups is 2. The van der Waals surface area contributed by atoms with Crippen LogP contribution < -0.4 is 0 Å². The van der Waals surface area contributed by atoms with E-state index in [9.17, 15) is 14.7 Å². The van der Waals surface area contributed by atoms with Crippen molar-refractivity contribution in [3.05, 3.63) is 34.4 Å². The molecule has 1 aliphatic carbocycles. The van der Waals surface area contributed by atoms with E-state index in [0.717, 1.165) is 37.7 Å². The molecule has 2 unspecified atom stereocenters. The van der Waals surface area contributed by atoms with Gasteiger partial charge in [0, 0.05) is 17.9 Å². The zero-order valence-corrected chi connectivity index (χ0v) is 18.3. The third-order valence-electron chi connectivity index (χ3n) is 4.85. The van der Waals surface area contributed by atoms with Crippen LogP contribution in [-0.4, -0.2) is 28.1 Å². The summed E-state index contributed by atoms with van der Waals surface area (Å²) in [6, 6.07) is 0. The molecule has 1 aliphatic rings. The van der Waals surface area contributed by atoms with E-state index in [1.165, 1.54) is 0 Å². The highest BCUT2D eigenvalue weighted by atomic mass is 79.9. The number of halogens is 1. The molecule has 0 amide bonds. The molecule has 152 valence electrons. The number of allylic oxidation sites excluding steroid dienone is 5. The Balaban J connectivity index is 2.61. The number of Topliss-reactive ketones (excluding diaryl/α,β-unsaturated/α-hetero) is 1. The highest BCUT2D eigenvalue weighted by Gasteiger charge is 2.27. The Morgan fingerprint density at radius 3 is 2.67 bits per heavy atom. The number of hydrogen-bond donors (Lipinski definition) is 2. The molecular weight excluding hydrogens is 408 g/mol. The highest BCUT2D eigenvalue weighted by Crippen LogP contribution is 2.33. The van der Waals surface area contributed by atoms with Crippen molar-refractivity contribution >= 4 is 27.7 Å². The lowest BCUT2D eigenvalue weighted by atomic mass is 9.82. The van der Waals surface area contributed by atoms with E-state index in [1.807, 2.05) is 18.2 Å². The van der Waals surface area contributed by atoms with Gasteiger partial charge < -0.3 is 10.2 Å². The van der Waals surface area contributed by atoms with E-state index in [1.54, 1.807) is 6.08 Å². The minimum Gasteiger partial charge on any atom is -0.481 e. The number of aliphatic hydroxyl groups is 1. The number of ketones is 1. The summed E-state index contributed by atoms with van der Waals surface area (Å²) in [4.78, 5) is 22.8. The first kappa shape index (κ1) is 23.8. The van der Waals surface area contributed by atoms with Gasteiger partial charge in [0.05, 0.1) is 10.6 Å². The van der Waals surface area contributed by atoms with Gasteiger partial charge in [0.2, 0.25) is 0 Å². The topological polar surface area (TPSA) is 74.6 Å².